The first-order chi connectivity index (χ1) is 16.3. The Bertz CT molecular complexity index is 1160. The van der Waals surface area contributed by atoms with Crippen LogP contribution in [0.5, 0.6) is 0 Å². The number of hydrogen-bond donors (Lipinski definition) is 2. The monoisotopic (exact) mass is 451 g/mol. The number of hydrogen-bond acceptors (Lipinski definition) is 3. The topological polar surface area (TPSA) is 53.5 Å². The van der Waals surface area contributed by atoms with E-state index in [9.17, 15) is 4.79 Å². The molecule has 0 aromatic heterocycles. The van der Waals surface area contributed by atoms with Crippen molar-refractivity contribution in [1.29, 1.82) is 0 Å². The third-order valence-electron chi connectivity index (χ3n) is 6.02. The van der Waals surface area contributed by atoms with Crippen LogP contribution in [0, 0.1) is 0 Å². The first-order valence-corrected chi connectivity index (χ1v) is 12.9. The van der Waals surface area contributed by atoms with Crippen LogP contribution >= 0.6 is 7.05 Å². The number of benzene rings is 4. The summed E-state index contributed by atoms with van der Waals surface area (Å²) >= 11 is 0. The number of nitrogens with zero attached hydrogens (tertiary/aromatic N) is 1. The van der Waals surface area contributed by atoms with Crippen molar-refractivity contribution in [3.63, 3.8) is 0 Å². The Kier molecular flexibility index (Phi) is 6.21. The van der Waals surface area contributed by atoms with Gasteiger partial charge in [-0.15, -0.1) is 0 Å². The lowest BCUT2D eigenvalue weighted by Crippen LogP contribution is -2.51. The van der Waals surface area contributed by atoms with Gasteiger partial charge in [0.25, 0.3) is 0 Å². The van der Waals surface area contributed by atoms with E-state index < -0.39 is 7.05 Å². The molecule has 1 heterocycles. The lowest BCUT2D eigenvalue weighted by atomic mass is 9.96. The maximum absolute atomic E-state index is 12.5. The summed E-state index contributed by atoms with van der Waals surface area (Å²) in [4.78, 5) is 12.5. The normalized spacial score (nSPS) is 18.4. The third-order valence-corrected chi connectivity index (χ3v) is 9.80. The molecule has 0 saturated carbocycles. The van der Waals surface area contributed by atoms with E-state index in [0.29, 0.717) is 6.42 Å². The quantitative estimate of drug-likeness (QED) is 0.445. The van der Waals surface area contributed by atoms with E-state index in [1.165, 1.54) is 15.9 Å². The van der Waals surface area contributed by atoms with Crippen molar-refractivity contribution in [1.82, 2.24) is 10.9 Å². The van der Waals surface area contributed by atoms with E-state index in [4.69, 9.17) is 4.74 Å². The Morgan fingerprint density at radius 1 is 0.636 bits per heavy atom. The summed E-state index contributed by atoms with van der Waals surface area (Å²) in [5.74, 6) is -0.0387. The summed E-state index contributed by atoms with van der Waals surface area (Å²) in [7, 11) is -2.40. The fourth-order valence-electron chi connectivity index (χ4n) is 4.49. The van der Waals surface area contributed by atoms with Crippen LogP contribution in [-0.4, -0.2) is 11.9 Å². The molecule has 0 bridgehead atoms. The zero-order valence-corrected chi connectivity index (χ0v) is 19.1. The van der Waals surface area contributed by atoms with Gasteiger partial charge in [0.1, 0.15) is 0 Å². The van der Waals surface area contributed by atoms with Crippen molar-refractivity contribution in [3.8, 4) is 0 Å². The Hall–Kier alpha value is -3.46. The van der Waals surface area contributed by atoms with Gasteiger partial charge in [-0.2, -0.15) is 0 Å². The second kappa shape index (κ2) is 9.58. The molecule has 4 nitrogen and oxygen atoms in total. The van der Waals surface area contributed by atoms with Crippen molar-refractivity contribution in [2.75, 3.05) is 0 Å². The van der Waals surface area contributed by atoms with Gasteiger partial charge in [0, 0.05) is 15.9 Å². The lowest BCUT2D eigenvalue weighted by Gasteiger charge is -2.35. The molecule has 1 aliphatic heterocycles. The van der Waals surface area contributed by atoms with Crippen LogP contribution < -0.4 is 26.8 Å². The summed E-state index contributed by atoms with van der Waals surface area (Å²) in [6.45, 7) is 0. The zero-order chi connectivity index (χ0) is 22.5. The zero-order valence-electron chi connectivity index (χ0n) is 18.2. The summed E-state index contributed by atoms with van der Waals surface area (Å²) in [6.07, 6.45) is 0.334. The number of nitrogens with one attached hydrogen (secondary N) is 2. The first kappa shape index (κ1) is 21.4. The summed E-state index contributed by atoms with van der Waals surface area (Å²) in [6, 6.07) is 41.5. The van der Waals surface area contributed by atoms with Gasteiger partial charge in [0.05, 0.1) is 25.6 Å². The molecule has 1 aliphatic rings. The molecule has 5 heteroatoms. The standard InChI is InChI=1S/C28H26N3OP/c32-27-21-26(28(30-29-27)22-13-5-1-6-14-22)31-33(23-15-7-2-8-16-23,24-17-9-3-10-18-24)25-19-11-4-12-20-25/h1-20,26,28,30H,21H2,(H,29,32). The van der Waals surface area contributed by atoms with Crippen molar-refractivity contribution in [2.45, 2.75) is 18.5 Å². The van der Waals surface area contributed by atoms with Crippen LogP contribution in [0.4, 0.5) is 0 Å². The molecule has 2 unspecified atom stereocenters. The number of amides is 1. The molecule has 2 N–H and O–H groups in total. The predicted molar refractivity (Wildman–Crippen MR) is 136 cm³/mol. The molecule has 2 atom stereocenters. The van der Waals surface area contributed by atoms with Gasteiger partial charge >= 0.3 is 0 Å². The van der Waals surface area contributed by atoms with E-state index in [1.807, 2.05) is 36.4 Å². The summed E-state index contributed by atoms with van der Waals surface area (Å²) in [5.41, 5.74) is 7.18. The second-order valence-corrected chi connectivity index (χ2v) is 11.2. The molecule has 0 spiro atoms. The van der Waals surface area contributed by atoms with Crippen LogP contribution in [0.3, 0.4) is 0 Å². The third kappa shape index (κ3) is 4.28. The number of hydrazine groups is 1. The molecular weight excluding hydrogens is 425 g/mol. The minimum absolute atomic E-state index is 0.0387. The Morgan fingerprint density at radius 3 is 1.52 bits per heavy atom. The molecule has 0 radical (unpaired) electrons. The van der Waals surface area contributed by atoms with Crippen molar-refractivity contribution >= 4 is 28.9 Å². The Morgan fingerprint density at radius 2 is 1.06 bits per heavy atom. The van der Waals surface area contributed by atoms with Crippen LogP contribution in [-0.2, 0) is 4.79 Å². The summed E-state index contributed by atoms with van der Waals surface area (Å²) in [5, 5.41) is 3.54. The largest absolute Gasteiger partial charge is 0.291 e. The molecule has 33 heavy (non-hydrogen) atoms. The molecular formula is C28H26N3OP. The fourth-order valence-corrected chi connectivity index (χ4v) is 8.25. The highest BCUT2D eigenvalue weighted by atomic mass is 31.2. The maximum Gasteiger partial charge on any atom is 0.236 e. The van der Waals surface area contributed by atoms with Crippen molar-refractivity contribution in [2.24, 2.45) is 4.74 Å². The molecule has 4 aromatic carbocycles. The molecule has 164 valence electrons. The second-order valence-electron chi connectivity index (χ2n) is 8.11. The van der Waals surface area contributed by atoms with E-state index in [1.54, 1.807) is 0 Å². The average molecular weight is 452 g/mol. The first-order valence-electron chi connectivity index (χ1n) is 11.1. The fraction of sp³-hybridized carbons (Fsp3) is 0.107. The van der Waals surface area contributed by atoms with Gasteiger partial charge in [-0.05, 0) is 5.56 Å². The number of rotatable bonds is 5. The highest BCUT2D eigenvalue weighted by Gasteiger charge is 2.35. The van der Waals surface area contributed by atoms with Crippen LogP contribution in [0.15, 0.2) is 126 Å². The summed E-state index contributed by atoms with van der Waals surface area (Å²) < 4.78 is 5.67. The van der Waals surface area contributed by atoms with E-state index in [2.05, 4.69) is 95.8 Å². The van der Waals surface area contributed by atoms with Gasteiger partial charge in [-0.3, -0.25) is 15.0 Å². The number of carbonyl (C=O) groups is 1. The Labute approximate surface area is 194 Å². The highest BCUT2D eigenvalue weighted by molar-refractivity contribution is 7.87. The molecule has 0 aliphatic carbocycles. The highest BCUT2D eigenvalue weighted by Crippen LogP contribution is 2.48. The molecule has 4 aromatic rings. The van der Waals surface area contributed by atoms with Crippen LogP contribution in [0.2, 0.25) is 0 Å². The van der Waals surface area contributed by atoms with Gasteiger partial charge in [0.15, 0.2) is 0 Å². The smallest absolute Gasteiger partial charge is 0.236 e. The van der Waals surface area contributed by atoms with Crippen LogP contribution in [0.1, 0.15) is 18.0 Å². The SMILES string of the molecule is O=C1CC(N=P(c2ccccc2)(c2ccccc2)c2ccccc2)C(c2ccccc2)NN1. The molecule has 1 fully saturated rings. The maximum atomic E-state index is 12.5. The van der Waals surface area contributed by atoms with Crippen LogP contribution in [0.25, 0.3) is 0 Å². The minimum atomic E-state index is -2.40. The van der Waals surface area contributed by atoms with E-state index in [-0.39, 0.29) is 18.0 Å². The van der Waals surface area contributed by atoms with E-state index in [0.717, 1.165) is 5.56 Å². The lowest BCUT2D eigenvalue weighted by molar-refractivity contribution is -0.124. The van der Waals surface area contributed by atoms with Gasteiger partial charge < -0.3 is 0 Å². The minimum Gasteiger partial charge on any atom is -0.291 e. The van der Waals surface area contributed by atoms with Gasteiger partial charge in [-0.25, -0.2) is 5.43 Å². The molecule has 1 amide bonds. The number of carbonyl (C=O) groups excluding carboxylic acids is 1. The average Bonchev–Trinajstić information content (AvgIpc) is 2.89. The van der Waals surface area contributed by atoms with E-state index >= 15 is 0 Å². The molecule has 5 rings (SSSR count). The Balaban J connectivity index is 1.80. The van der Waals surface area contributed by atoms with Crippen molar-refractivity contribution < 1.29 is 4.79 Å². The predicted octanol–water partition coefficient (Wildman–Crippen LogP) is 4.30. The van der Waals surface area contributed by atoms with Gasteiger partial charge in [-0.1, -0.05) is 121 Å². The van der Waals surface area contributed by atoms with Gasteiger partial charge in [0.2, 0.25) is 5.91 Å². The molecule has 1 saturated heterocycles. The van der Waals surface area contributed by atoms with Crippen molar-refractivity contribution in [3.05, 3.63) is 127 Å².